The Kier molecular flexibility index (Phi) is 4.01. The Balaban J connectivity index is 2.10. The number of esters is 1. The predicted molar refractivity (Wildman–Crippen MR) is 67.1 cm³/mol. The van der Waals surface area contributed by atoms with Gasteiger partial charge in [0.2, 0.25) is 0 Å². The molecular weight excluding hydrogens is 250 g/mol. The summed E-state index contributed by atoms with van der Waals surface area (Å²) in [5.41, 5.74) is 0.787. The van der Waals surface area contributed by atoms with Crippen LogP contribution in [0.2, 0.25) is 0 Å². The summed E-state index contributed by atoms with van der Waals surface area (Å²) in [6, 6.07) is 4.71. The Bertz CT molecular complexity index is 500. The van der Waals surface area contributed by atoms with Crippen molar-refractivity contribution < 1.29 is 24.2 Å². The largest absolute Gasteiger partial charge is 0.479 e. The minimum Gasteiger partial charge on any atom is -0.479 e. The van der Waals surface area contributed by atoms with Crippen molar-refractivity contribution in [2.75, 3.05) is 18.5 Å². The summed E-state index contributed by atoms with van der Waals surface area (Å²) in [4.78, 5) is 23.2. The second-order valence-corrected chi connectivity index (χ2v) is 4.17. The first kappa shape index (κ1) is 13.4. The molecule has 0 spiro atoms. The molecule has 0 saturated heterocycles. The minimum atomic E-state index is -0.546. The number of hydrogen-bond acceptors (Lipinski definition) is 5. The molecule has 6 heteroatoms. The number of aliphatic hydroxyl groups excluding tert-OH is 1. The first-order valence-electron chi connectivity index (χ1n) is 6.01. The molecule has 1 aromatic rings. The monoisotopic (exact) mass is 265 g/mol. The third-order valence-electron chi connectivity index (χ3n) is 2.68. The Morgan fingerprint density at radius 3 is 3.05 bits per heavy atom. The first-order chi connectivity index (χ1) is 9.11. The van der Waals surface area contributed by atoms with E-state index >= 15 is 0 Å². The molecule has 102 valence electrons. The molecule has 0 radical (unpaired) electrons. The molecule has 1 aliphatic heterocycles. The summed E-state index contributed by atoms with van der Waals surface area (Å²) in [5, 5.41) is 11.3. The molecule has 2 rings (SSSR count). The van der Waals surface area contributed by atoms with Crippen LogP contribution in [0.15, 0.2) is 18.2 Å². The van der Waals surface area contributed by atoms with E-state index in [2.05, 4.69) is 5.32 Å². The van der Waals surface area contributed by atoms with Gasteiger partial charge in [0.25, 0.3) is 5.91 Å². The van der Waals surface area contributed by atoms with Crippen LogP contribution in [-0.4, -0.2) is 36.3 Å². The number of carbonyl (C=O) groups is 2. The van der Waals surface area contributed by atoms with Crippen molar-refractivity contribution in [3.05, 3.63) is 23.8 Å². The van der Waals surface area contributed by atoms with Gasteiger partial charge in [0.05, 0.1) is 17.9 Å². The van der Waals surface area contributed by atoms with E-state index in [0.717, 1.165) is 0 Å². The Hall–Kier alpha value is -2.08. The number of nitrogens with one attached hydrogen (secondary N) is 1. The van der Waals surface area contributed by atoms with Crippen LogP contribution in [0, 0.1) is 0 Å². The molecule has 1 atom stereocenters. The number of rotatable bonds is 4. The molecule has 2 N–H and O–H groups in total. The standard InChI is InChI=1S/C13H15NO5/c1-8-12(16)14-10-7-9(3-4-11(10)19-8)13(17)18-6-2-5-15/h3-4,7-8,15H,2,5-6H2,1H3,(H,14,16). The highest BCUT2D eigenvalue weighted by Crippen LogP contribution is 2.30. The average molecular weight is 265 g/mol. The highest BCUT2D eigenvalue weighted by molar-refractivity contribution is 5.99. The maximum Gasteiger partial charge on any atom is 0.338 e. The zero-order valence-corrected chi connectivity index (χ0v) is 10.5. The van der Waals surface area contributed by atoms with Crippen LogP contribution in [-0.2, 0) is 9.53 Å². The third kappa shape index (κ3) is 3.03. The molecule has 0 aliphatic carbocycles. The van der Waals surface area contributed by atoms with Crippen molar-refractivity contribution in [2.24, 2.45) is 0 Å². The molecular formula is C13H15NO5. The SMILES string of the molecule is CC1Oc2ccc(C(=O)OCCCO)cc2NC1=O. The number of fused-ring (bicyclic) bond motifs is 1. The second kappa shape index (κ2) is 5.71. The Morgan fingerprint density at radius 1 is 1.53 bits per heavy atom. The minimum absolute atomic E-state index is 0.0285. The van der Waals surface area contributed by atoms with Crippen LogP contribution in [0.25, 0.3) is 0 Å². The van der Waals surface area contributed by atoms with E-state index in [0.29, 0.717) is 23.4 Å². The molecule has 0 aromatic heterocycles. The molecule has 1 heterocycles. The molecule has 6 nitrogen and oxygen atoms in total. The topological polar surface area (TPSA) is 84.9 Å². The Morgan fingerprint density at radius 2 is 2.32 bits per heavy atom. The number of anilines is 1. The Labute approximate surface area is 110 Å². The van der Waals surface area contributed by atoms with Gasteiger partial charge in [-0.3, -0.25) is 4.79 Å². The fourth-order valence-electron chi connectivity index (χ4n) is 1.65. The smallest absolute Gasteiger partial charge is 0.338 e. The second-order valence-electron chi connectivity index (χ2n) is 4.17. The van der Waals surface area contributed by atoms with Crippen LogP contribution in [0.3, 0.4) is 0 Å². The van der Waals surface area contributed by atoms with E-state index in [1.165, 1.54) is 6.07 Å². The molecule has 1 aromatic carbocycles. The number of amides is 1. The normalized spacial score (nSPS) is 17.2. The van der Waals surface area contributed by atoms with Gasteiger partial charge < -0.3 is 19.9 Å². The van der Waals surface area contributed by atoms with Gasteiger partial charge in [-0.05, 0) is 25.1 Å². The maximum atomic E-state index is 11.7. The van der Waals surface area contributed by atoms with Crippen LogP contribution in [0.1, 0.15) is 23.7 Å². The first-order valence-corrected chi connectivity index (χ1v) is 6.01. The van der Waals surface area contributed by atoms with Crippen molar-refractivity contribution in [1.29, 1.82) is 0 Å². The lowest BCUT2D eigenvalue weighted by atomic mass is 10.1. The zero-order valence-electron chi connectivity index (χ0n) is 10.5. The van der Waals surface area contributed by atoms with Gasteiger partial charge in [0.1, 0.15) is 5.75 Å². The zero-order chi connectivity index (χ0) is 13.8. The number of benzene rings is 1. The highest BCUT2D eigenvalue weighted by atomic mass is 16.5. The van der Waals surface area contributed by atoms with Gasteiger partial charge in [0.15, 0.2) is 6.10 Å². The summed E-state index contributed by atoms with van der Waals surface area (Å²) in [6.07, 6.45) is -0.150. The maximum absolute atomic E-state index is 11.7. The fraction of sp³-hybridized carbons (Fsp3) is 0.385. The van der Waals surface area contributed by atoms with Crippen LogP contribution < -0.4 is 10.1 Å². The predicted octanol–water partition coefficient (Wildman–Crippen LogP) is 0.945. The van der Waals surface area contributed by atoms with Crippen LogP contribution in [0.5, 0.6) is 5.75 Å². The molecule has 0 bridgehead atoms. The average Bonchev–Trinajstić information content (AvgIpc) is 2.40. The lowest BCUT2D eigenvalue weighted by Crippen LogP contribution is -2.34. The highest BCUT2D eigenvalue weighted by Gasteiger charge is 2.24. The van der Waals surface area contributed by atoms with Crippen molar-refractivity contribution in [3.63, 3.8) is 0 Å². The molecule has 1 unspecified atom stereocenters. The number of ether oxygens (including phenoxy) is 2. The lowest BCUT2D eigenvalue weighted by molar-refractivity contribution is -0.122. The van der Waals surface area contributed by atoms with Gasteiger partial charge in [0, 0.05) is 13.0 Å². The number of carbonyl (C=O) groups excluding carboxylic acids is 2. The summed E-state index contributed by atoms with van der Waals surface area (Å²) in [7, 11) is 0. The molecule has 1 amide bonds. The lowest BCUT2D eigenvalue weighted by Gasteiger charge is -2.23. The summed E-state index contributed by atoms with van der Waals surface area (Å²) >= 11 is 0. The molecule has 0 fully saturated rings. The van der Waals surface area contributed by atoms with E-state index < -0.39 is 12.1 Å². The molecule has 1 aliphatic rings. The van der Waals surface area contributed by atoms with Crippen molar-refractivity contribution in [3.8, 4) is 5.75 Å². The fourth-order valence-corrected chi connectivity index (χ4v) is 1.65. The number of hydrogen-bond donors (Lipinski definition) is 2. The molecule has 19 heavy (non-hydrogen) atoms. The van der Waals surface area contributed by atoms with E-state index in [4.69, 9.17) is 14.6 Å². The van der Waals surface area contributed by atoms with Gasteiger partial charge >= 0.3 is 5.97 Å². The van der Waals surface area contributed by atoms with Crippen molar-refractivity contribution in [2.45, 2.75) is 19.4 Å². The summed E-state index contributed by atoms with van der Waals surface area (Å²) < 4.78 is 10.3. The van der Waals surface area contributed by atoms with Crippen LogP contribution in [0.4, 0.5) is 5.69 Å². The van der Waals surface area contributed by atoms with Gasteiger partial charge in [-0.15, -0.1) is 0 Å². The molecule has 0 saturated carbocycles. The van der Waals surface area contributed by atoms with Crippen molar-refractivity contribution >= 4 is 17.6 Å². The van der Waals surface area contributed by atoms with E-state index in [9.17, 15) is 9.59 Å². The van der Waals surface area contributed by atoms with E-state index in [-0.39, 0.29) is 19.1 Å². The summed E-state index contributed by atoms with van der Waals surface area (Å²) in [5.74, 6) is -0.221. The van der Waals surface area contributed by atoms with Gasteiger partial charge in [-0.2, -0.15) is 0 Å². The quantitative estimate of drug-likeness (QED) is 0.625. The number of aliphatic hydroxyl groups is 1. The third-order valence-corrected chi connectivity index (χ3v) is 2.68. The van der Waals surface area contributed by atoms with Crippen LogP contribution >= 0.6 is 0 Å². The van der Waals surface area contributed by atoms with E-state index in [1.807, 2.05) is 0 Å². The summed E-state index contributed by atoms with van der Waals surface area (Å²) in [6.45, 7) is 1.78. The van der Waals surface area contributed by atoms with Crippen molar-refractivity contribution in [1.82, 2.24) is 0 Å². The van der Waals surface area contributed by atoms with Gasteiger partial charge in [-0.1, -0.05) is 0 Å². The van der Waals surface area contributed by atoms with Gasteiger partial charge in [-0.25, -0.2) is 4.79 Å². The van der Waals surface area contributed by atoms with E-state index in [1.54, 1.807) is 19.1 Å².